The van der Waals surface area contributed by atoms with Crippen molar-refractivity contribution in [3.8, 4) is 0 Å². The van der Waals surface area contributed by atoms with Crippen molar-refractivity contribution in [3.63, 3.8) is 0 Å². The molecule has 2 amide bonds. The molecule has 2 aromatic carbocycles. The molecule has 2 aliphatic heterocycles. The quantitative estimate of drug-likeness (QED) is 0.576. The van der Waals surface area contributed by atoms with E-state index in [2.05, 4.69) is 17.0 Å². The molecule has 2 heterocycles. The fourth-order valence-electron chi connectivity index (χ4n) is 4.88. The Morgan fingerprint density at radius 3 is 2.20 bits per heavy atom. The van der Waals surface area contributed by atoms with Crippen LogP contribution in [-0.4, -0.2) is 71.8 Å². The molecule has 7 nitrogen and oxygen atoms in total. The van der Waals surface area contributed by atoms with E-state index in [4.69, 9.17) is 4.74 Å². The van der Waals surface area contributed by atoms with Crippen molar-refractivity contribution >= 4 is 17.8 Å². The predicted octanol–water partition coefficient (Wildman–Crippen LogP) is 3.18. The maximum absolute atomic E-state index is 13.2. The smallest absolute Gasteiger partial charge is 0.336 e. The highest BCUT2D eigenvalue weighted by Crippen LogP contribution is 2.37. The van der Waals surface area contributed by atoms with Crippen LogP contribution < -0.4 is 0 Å². The number of amides is 2. The van der Waals surface area contributed by atoms with Crippen LogP contribution in [0.15, 0.2) is 71.9 Å². The van der Waals surface area contributed by atoms with E-state index in [1.54, 1.807) is 13.8 Å². The molecule has 1 unspecified atom stereocenters. The number of carbonyl (C=O) groups excluding carboxylic acids is 3. The molecule has 0 aliphatic carbocycles. The van der Waals surface area contributed by atoms with Gasteiger partial charge in [0.2, 0.25) is 11.8 Å². The number of benzene rings is 2. The van der Waals surface area contributed by atoms with Gasteiger partial charge in [-0.1, -0.05) is 60.7 Å². The molecule has 0 bridgehead atoms. The Balaban J connectivity index is 1.45. The Morgan fingerprint density at radius 1 is 0.943 bits per heavy atom. The third-order valence-electron chi connectivity index (χ3n) is 6.79. The van der Waals surface area contributed by atoms with E-state index in [9.17, 15) is 14.4 Å². The number of hydrogen-bond donors (Lipinski definition) is 0. The Hall–Kier alpha value is -3.45. The second-order valence-corrected chi connectivity index (χ2v) is 9.01. The van der Waals surface area contributed by atoms with Crippen LogP contribution in [0, 0.1) is 0 Å². The van der Waals surface area contributed by atoms with Crippen molar-refractivity contribution < 1.29 is 19.1 Å². The summed E-state index contributed by atoms with van der Waals surface area (Å²) in [6.45, 7) is 7.36. The summed E-state index contributed by atoms with van der Waals surface area (Å²) in [6.07, 6.45) is 0.133. The highest BCUT2D eigenvalue weighted by molar-refractivity contribution is 5.97. The Labute approximate surface area is 207 Å². The minimum atomic E-state index is -0.432. The summed E-state index contributed by atoms with van der Waals surface area (Å²) in [6, 6.07) is 19.8. The van der Waals surface area contributed by atoms with Crippen molar-refractivity contribution in [1.82, 2.24) is 14.7 Å². The number of allylic oxidation sites excluding steroid dienone is 1. The minimum Gasteiger partial charge on any atom is -0.463 e. The minimum absolute atomic E-state index is 0.0617. The average Bonchev–Trinajstić information content (AvgIpc) is 2.87. The second-order valence-electron chi connectivity index (χ2n) is 9.01. The van der Waals surface area contributed by atoms with E-state index in [-0.39, 0.29) is 37.3 Å². The summed E-state index contributed by atoms with van der Waals surface area (Å²) < 4.78 is 5.33. The standard InChI is InChI=1S/C28H33N3O4/c1-3-35-28(34)27-21(2)31(25(32)18-24(27)23-12-8-5-9-13-23)20-26(33)30-16-14-29(15-17-30)19-22-10-6-4-7-11-22/h4-13,24H,3,14-20H2,1-2H3. The number of carbonyl (C=O) groups is 3. The van der Waals surface area contributed by atoms with Gasteiger partial charge in [-0.3, -0.25) is 14.5 Å². The Morgan fingerprint density at radius 2 is 1.57 bits per heavy atom. The van der Waals surface area contributed by atoms with Crippen LogP contribution in [0.4, 0.5) is 0 Å². The number of rotatable bonds is 7. The van der Waals surface area contributed by atoms with Gasteiger partial charge in [0.15, 0.2) is 0 Å². The van der Waals surface area contributed by atoms with Gasteiger partial charge in [-0.25, -0.2) is 4.79 Å². The van der Waals surface area contributed by atoms with Crippen LogP contribution in [-0.2, 0) is 25.7 Å². The van der Waals surface area contributed by atoms with Crippen LogP contribution in [0.5, 0.6) is 0 Å². The third-order valence-corrected chi connectivity index (χ3v) is 6.79. The van der Waals surface area contributed by atoms with Crippen LogP contribution in [0.2, 0.25) is 0 Å². The zero-order valence-electron chi connectivity index (χ0n) is 20.5. The molecule has 2 aromatic rings. The number of esters is 1. The van der Waals surface area contributed by atoms with E-state index in [1.165, 1.54) is 10.5 Å². The van der Waals surface area contributed by atoms with Crippen LogP contribution in [0.25, 0.3) is 0 Å². The van der Waals surface area contributed by atoms with E-state index in [1.807, 2.05) is 53.4 Å². The molecule has 0 spiro atoms. The fraction of sp³-hybridized carbons (Fsp3) is 0.393. The summed E-state index contributed by atoms with van der Waals surface area (Å²) in [5.41, 5.74) is 3.11. The lowest BCUT2D eigenvalue weighted by atomic mass is 9.83. The Kier molecular flexibility index (Phi) is 7.98. The predicted molar refractivity (Wildman–Crippen MR) is 133 cm³/mol. The van der Waals surface area contributed by atoms with Gasteiger partial charge < -0.3 is 14.5 Å². The van der Waals surface area contributed by atoms with E-state index in [0.717, 1.165) is 25.2 Å². The monoisotopic (exact) mass is 475 g/mol. The highest BCUT2D eigenvalue weighted by atomic mass is 16.5. The van der Waals surface area contributed by atoms with E-state index in [0.29, 0.717) is 24.4 Å². The number of hydrogen-bond acceptors (Lipinski definition) is 5. The first-order valence-corrected chi connectivity index (χ1v) is 12.2. The maximum Gasteiger partial charge on any atom is 0.336 e. The molecule has 0 saturated carbocycles. The van der Waals surface area contributed by atoms with Gasteiger partial charge in [0.25, 0.3) is 0 Å². The molecule has 0 radical (unpaired) electrons. The van der Waals surface area contributed by atoms with Gasteiger partial charge in [0, 0.05) is 50.8 Å². The van der Waals surface area contributed by atoms with Crippen molar-refractivity contribution in [2.75, 3.05) is 39.3 Å². The lowest BCUT2D eigenvalue weighted by Crippen LogP contribution is -2.52. The Bertz CT molecular complexity index is 1080. The summed E-state index contributed by atoms with van der Waals surface area (Å²) in [5, 5.41) is 0. The van der Waals surface area contributed by atoms with Gasteiger partial charge in [0.1, 0.15) is 6.54 Å². The molecule has 7 heteroatoms. The SMILES string of the molecule is CCOC(=O)C1=C(C)N(CC(=O)N2CCN(Cc3ccccc3)CC2)C(=O)CC1c1ccccc1. The maximum atomic E-state index is 13.2. The molecular weight excluding hydrogens is 442 g/mol. The highest BCUT2D eigenvalue weighted by Gasteiger charge is 2.38. The first-order valence-electron chi connectivity index (χ1n) is 12.2. The topological polar surface area (TPSA) is 70.2 Å². The molecular formula is C28H33N3O4. The third kappa shape index (κ3) is 5.80. The van der Waals surface area contributed by atoms with Crippen molar-refractivity contribution in [2.45, 2.75) is 32.7 Å². The molecule has 0 aromatic heterocycles. The second kappa shape index (κ2) is 11.3. The first kappa shape index (κ1) is 24.7. The molecule has 184 valence electrons. The zero-order chi connectivity index (χ0) is 24.8. The molecule has 1 fully saturated rings. The van der Waals surface area contributed by atoms with Crippen molar-refractivity contribution in [3.05, 3.63) is 83.1 Å². The fourth-order valence-corrected chi connectivity index (χ4v) is 4.88. The molecule has 1 atom stereocenters. The van der Waals surface area contributed by atoms with Gasteiger partial charge in [-0.2, -0.15) is 0 Å². The van der Waals surface area contributed by atoms with E-state index < -0.39 is 5.97 Å². The number of ether oxygens (including phenoxy) is 1. The first-order chi connectivity index (χ1) is 17.0. The molecule has 4 rings (SSSR count). The number of nitrogens with zero attached hydrogens (tertiary/aromatic N) is 3. The van der Waals surface area contributed by atoms with Crippen LogP contribution in [0.3, 0.4) is 0 Å². The lowest BCUT2D eigenvalue weighted by molar-refractivity contribution is -0.143. The van der Waals surface area contributed by atoms with Crippen LogP contribution in [0.1, 0.15) is 37.3 Å². The van der Waals surface area contributed by atoms with Crippen molar-refractivity contribution in [1.29, 1.82) is 0 Å². The molecule has 2 aliphatic rings. The average molecular weight is 476 g/mol. The summed E-state index contributed by atoms with van der Waals surface area (Å²) in [4.78, 5) is 44.8. The van der Waals surface area contributed by atoms with Crippen LogP contribution >= 0.6 is 0 Å². The zero-order valence-corrected chi connectivity index (χ0v) is 20.5. The lowest BCUT2D eigenvalue weighted by Gasteiger charge is -2.38. The van der Waals surface area contributed by atoms with E-state index >= 15 is 0 Å². The van der Waals surface area contributed by atoms with Gasteiger partial charge in [-0.05, 0) is 25.0 Å². The number of piperazine rings is 1. The summed E-state index contributed by atoms with van der Waals surface area (Å²) in [5.74, 6) is -1.06. The summed E-state index contributed by atoms with van der Waals surface area (Å²) in [7, 11) is 0. The van der Waals surface area contributed by atoms with Gasteiger partial charge in [0.05, 0.1) is 12.2 Å². The normalized spacial score (nSPS) is 19.1. The largest absolute Gasteiger partial charge is 0.463 e. The summed E-state index contributed by atoms with van der Waals surface area (Å²) >= 11 is 0. The molecule has 35 heavy (non-hydrogen) atoms. The molecule has 1 saturated heterocycles. The van der Waals surface area contributed by atoms with Gasteiger partial charge in [-0.15, -0.1) is 0 Å². The van der Waals surface area contributed by atoms with Gasteiger partial charge >= 0.3 is 5.97 Å². The van der Waals surface area contributed by atoms with Crippen molar-refractivity contribution in [2.24, 2.45) is 0 Å². The molecule has 0 N–H and O–H groups in total.